The molecule has 4 nitrogen and oxygen atoms in total. The Labute approximate surface area is 97.3 Å². The summed E-state index contributed by atoms with van der Waals surface area (Å²) >= 11 is 6.28. The molecule has 0 aromatic carbocycles. The fourth-order valence-electron chi connectivity index (χ4n) is 1.17. The van der Waals surface area contributed by atoms with E-state index in [1.807, 2.05) is 0 Å². The van der Waals surface area contributed by atoms with Gasteiger partial charge in [0.25, 0.3) is 5.91 Å². The van der Waals surface area contributed by atoms with Crippen LogP contribution in [-0.4, -0.2) is 32.7 Å². The van der Waals surface area contributed by atoms with Gasteiger partial charge in [-0.2, -0.15) is 0 Å². The molecule has 1 N–H and O–H groups in total. The van der Waals surface area contributed by atoms with E-state index in [1.54, 1.807) is 13.0 Å². The molecule has 1 rings (SSSR count). The van der Waals surface area contributed by atoms with Crippen molar-refractivity contribution in [2.45, 2.75) is 19.8 Å². The number of thioether (sulfide) groups is 1. The summed E-state index contributed by atoms with van der Waals surface area (Å²) in [6.45, 7) is 2.16. The second kappa shape index (κ2) is 5.27. The molecule has 0 spiro atoms. The molecule has 1 heterocycles. The summed E-state index contributed by atoms with van der Waals surface area (Å²) < 4.78 is 0.512. The van der Waals surface area contributed by atoms with Crippen molar-refractivity contribution in [1.82, 2.24) is 4.90 Å². The lowest BCUT2D eigenvalue weighted by Crippen LogP contribution is -2.29. The van der Waals surface area contributed by atoms with Crippen molar-refractivity contribution in [3.05, 3.63) is 11.0 Å². The maximum atomic E-state index is 11.6. The number of carbonyl (C=O) groups is 2. The molecule has 0 aromatic rings. The Balaban J connectivity index is 2.52. The number of carbonyl (C=O) groups excluding carboxylic acids is 1. The number of carboxylic acids is 1. The molecule has 0 aromatic heterocycles. The van der Waals surface area contributed by atoms with Gasteiger partial charge < -0.3 is 5.11 Å². The van der Waals surface area contributed by atoms with Crippen LogP contribution in [0.15, 0.2) is 11.0 Å². The third-order valence-electron chi connectivity index (χ3n) is 1.91. The van der Waals surface area contributed by atoms with E-state index in [0.717, 1.165) is 0 Å². The maximum Gasteiger partial charge on any atom is 0.303 e. The molecule has 6 heteroatoms. The number of aliphatic carboxylic acids is 1. The summed E-state index contributed by atoms with van der Waals surface area (Å²) in [6, 6.07) is 0. The third-order valence-corrected chi connectivity index (χ3v) is 3.40. The zero-order chi connectivity index (χ0) is 11.4. The van der Waals surface area contributed by atoms with Crippen LogP contribution in [0.3, 0.4) is 0 Å². The predicted octanol–water partition coefficient (Wildman–Crippen LogP) is 1.62. The van der Waals surface area contributed by atoms with Gasteiger partial charge in [-0.15, -0.1) is 0 Å². The Hall–Kier alpha value is -0.880. The molecule has 1 saturated heterocycles. The van der Waals surface area contributed by atoms with Gasteiger partial charge in [0.05, 0.1) is 4.91 Å². The number of hydrogen-bond donors (Lipinski definition) is 1. The molecular formula is C9H11NO3S2. The van der Waals surface area contributed by atoms with E-state index >= 15 is 0 Å². The normalized spacial score (nSPS) is 19.0. The molecule has 15 heavy (non-hydrogen) atoms. The fourth-order valence-corrected chi connectivity index (χ4v) is 2.40. The highest BCUT2D eigenvalue weighted by Crippen LogP contribution is 2.30. The van der Waals surface area contributed by atoms with E-state index in [-0.39, 0.29) is 12.3 Å². The first-order valence-electron chi connectivity index (χ1n) is 4.48. The monoisotopic (exact) mass is 245 g/mol. The molecule has 0 radical (unpaired) electrons. The molecule has 0 bridgehead atoms. The topological polar surface area (TPSA) is 57.6 Å². The van der Waals surface area contributed by atoms with Crippen LogP contribution >= 0.6 is 24.0 Å². The number of nitrogens with zero attached hydrogens (tertiary/aromatic N) is 1. The van der Waals surface area contributed by atoms with Crippen molar-refractivity contribution < 1.29 is 14.7 Å². The molecule has 1 amide bonds. The van der Waals surface area contributed by atoms with Crippen molar-refractivity contribution in [1.29, 1.82) is 0 Å². The van der Waals surface area contributed by atoms with Gasteiger partial charge in [0, 0.05) is 13.0 Å². The SMILES string of the molecule is C/C=C1/SC(=S)N(CCCC(=O)O)C1=O. The lowest BCUT2D eigenvalue weighted by atomic mass is 10.3. The third kappa shape index (κ3) is 3.04. The highest BCUT2D eigenvalue weighted by atomic mass is 32.2. The average molecular weight is 245 g/mol. The van der Waals surface area contributed by atoms with E-state index in [9.17, 15) is 9.59 Å². The number of carboxylic acid groups (broad SMARTS) is 1. The summed E-state index contributed by atoms with van der Waals surface area (Å²) in [7, 11) is 0. The van der Waals surface area contributed by atoms with Crippen LogP contribution in [0, 0.1) is 0 Å². The number of allylic oxidation sites excluding steroid dienone is 1. The Morgan fingerprint density at radius 3 is 2.80 bits per heavy atom. The van der Waals surface area contributed by atoms with E-state index < -0.39 is 5.97 Å². The lowest BCUT2D eigenvalue weighted by molar-refractivity contribution is -0.137. The predicted molar refractivity (Wildman–Crippen MR) is 62.5 cm³/mol. The minimum atomic E-state index is -0.855. The van der Waals surface area contributed by atoms with E-state index in [0.29, 0.717) is 22.2 Å². The molecule has 0 atom stereocenters. The molecule has 0 unspecified atom stereocenters. The van der Waals surface area contributed by atoms with Crippen molar-refractivity contribution >= 4 is 40.2 Å². The summed E-state index contributed by atoms with van der Waals surface area (Å²) in [5.74, 6) is -0.968. The van der Waals surface area contributed by atoms with Gasteiger partial charge in [-0.05, 0) is 13.3 Å². The van der Waals surface area contributed by atoms with Crippen LogP contribution in [0.4, 0.5) is 0 Å². The standard InChI is InChI=1S/C9H11NO3S2/c1-2-6-8(13)10(9(14)15-6)5-3-4-7(11)12/h2H,3-5H2,1H3,(H,11,12)/b6-2+. The smallest absolute Gasteiger partial charge is 0.303 e. The molecule has 1 aliphatic rings. The summed E-state index contributed by atoms with van der Waals surface area (Å²) in [6.07, 6.45) is 2.21. The summed E-state index contributed by atoms with van der Waals surface area (Å²) in [4.78, 5) is 24.0. The number of hydrogen-bond acceptors (Lipinski definition) is 4. The summed E-state index contributed by atoms with van der Waals surface area (Å²) in [5.41, 5.74) is 0. The number of amides is 1. The summed E-state index contributed by atoms with van der Waals surface area (Å²) in [5, 5.41) is 8.46. The quantitative estimate of drug-likeness (QED) is 0.602. The van der Waals surface area contributed by atoms with Gasteiger partial charge in [0.2, 0.25) is 0 Å². The Bertz CT molecular complexity index is 338. The van der Waals surface area contributed by atoms with Crippen LogP contribution in [0.25, 0.3) is 0 Å². The van der Waals surface area contributed by atoms with E-state index in [4.69, 9.17) is 17.3 Å². The lowest BCUT2D eigenvalue weighted by Gasteiger charge is -2.12. The van der Waals surface area contributed by atoms with Gasteiger partial charge in [0.15, 0.2) is 0 Å². The molecule has 0 aliphatic carbocycles. The van der Waals surface area contributed by atoms with Crippen LogP contribution in [0.1, 0.15) is 19.8 Å². The van der Waals surface area contributed by atoms with Gasteiger partial charge >= 0.3 is 5.97 Å². The van der Waals surface area contributed by atoms with E-state index in [2.05, 4.69) is 0 Å². The maximum absolute atomic E-state index is 11.6. The zero-order valence-electron chi connectivity index (χ0n) is 8.23. The fraction of sp³-hybridized carbons (Fsp3) is 0.444. The zero-order valence-corrected chi connectivity index (χ0v) is 9.86. The van der Waals surface area contributed by atoms with Crippen LogP contribution in [0.2, 0.25) is 0 Å². The van der Waals surface area contributed by atoms with Crippen molar-refractivity contribution in [2.75, 3.05) is 6.54 Å². The Morgan fingerprint density at radius 1 is 1.67 bits per heavy atom. The largest absolute Gasteiger partial charge is 0.481 e. The second-order valence-electron chi connectivity index (χ2n) is 2.97. The molecule has 1 aliphatic heterocycles. The Kier molecular flexibility index (Phi) is 4.28. The molecule has 0 saturated carbocycles. The molecular weight excluding hydrogens is 234 g/mol. The first-order chi connectivity index (χ1) is 7.06. The van der Waals surface area contributed by atoms with Gasteiger partial charge in [-0.1, -0.05) is 30.1 Å². The highest BCUT2D eigenvalue weighted by molar-refractivity contribution is 8.26. The first-order valence-corrected chi connectivity index (χ1v) is 5.70. The minimum absolute atomic E-state index is 0.0578. The average Bonchev–Trinajstić information content (AvgIpc) is 2.44. The van der Waals surface area contributed by atoms with Crippen molar-refractivity contribution in [3.8, 4) is 0 Å². The van der Waals surface area contributed by atoms with Gasteiger partial charge in [-0.25, -0.2) is 0 Å². The molecule has 1 fully saturated rings. The minimum Gasteiger partial charge on any atom is -0.481 e. The van der Waals surface area contributed by atoms with Crippen LogP contribution < -0.4 is 0 Å². The number of rotatable bonds is 4. The first kappa shape index (κ1) is 12.2. The molecule has 82 valence electrons. The second-order valence-corrected chi connectivity index (χ2v) is 4.65. The Morgan fingerprint density at radius 2 is 2.33 bits per heavy atom. The number of thiocarbonyl (C=S) groups is 1. The van der Waals surface area contributed by atoms with Crippen LogP contribution in [-0.2, 0) is 9.59 Å². The van der Waals surface area contributed by atoms with Gasteiger partial charge in [-0.3, -0.25) is 14.5 Å². The van der Waals surface area contributed by atoms with E-state index in [1.165, 1.54) is 16.7 Å². The van der Waals surface area contributed by atoms with Crippen molar-refractivity contribution in [3.63, 3.8) is 0 Å². The van der Waals surface area contributed by atoms with Gasteiger partial charge in [0.1, 0.15) is 4.32 Å². The van der Waals surface area contributed by atoms with Crippen LogP contribution in [0.5, 0.6) is 0 Å². The van der Waals surface area contributed by atoms with Crippen molar-refractivity contribution in [2.24, 2.45) is 0 Å². The highest BCUT2D eigenvalue weighted by Gasteiger charge is 2.30.